The molecule has 0 radical (unpaired) electrons. The Kier molecular flexibility index (Phi) is 8.91. The first-order chi connectivity index (χ1) is 15.8. The average Bonchev–Trinajstić information content (AvgIpc) is 3.20. The largest absolute Gasteiger partial charge is 0.364 e. The van der Waals surface area contributed by atoms with Crippen LogP contribution in [0.3, 0.4) is 0 Å². The highest BCUT2D eigenvalue weighted by Crippen LogP contribution is 2.29. The van der Waals surface area contributed by atoms with E-state index >= 15 is 0 Å². The van der Waals surface area contributed by atoms with Crippen LogP contribution in [0.2, 0.25) is 0 Å². The minimum atomic E-state index is 0.0954. The van der Waals surface area contributed by atoms with Crippen molar-refractivity contribution in [3.63, 3.8) is 0 Å². The Bertz CT molecular complexity index is 870. The van der Waals surface area contributed by atoms with Gasteiger partial charge in [-0.1, -0.05) is 27.0 Å². The van der Waals surface area contributed by atoms with Gasteiger partial charge in [0, 0.05) is 49.1 Å². The standard InChI is InChI=1S/C27H42N6/c1-7-21(4)33-18-17-32(19-24(33)14-15-28)27-25(12-10-20(2)3)22(5)29-26(30-27)13-11-23-9-8-16-31(23)6/h7,20,23-24H,1,4,8-14,16-19H2,2-3,5-6H3. The molecule has 2 aliphatic heterocycles. The Labute approximate surface area is 201 Å². The molecule has 0 saturated carbocycles. The molecule has 3 rings (SSSR count). The smallest absolute Gasteiger partial charge is 0.135 e. The molecule has 0 spiro atoms. The van der Waals surface area contributed by atoms with Crippen LogP contribution in [0.4, 0.5) is 5.82 Å². The van der Waals surface area contributed by atoms with E-state index in [1.54, 1.807) is 6.08 Å². The highest BCUT2D eigenvalue weighted by atomic mass is 15.3. The number of hydrogen-bond donors (Lipinski definition) is 0. The van der Waals surface area contributed by atoms with Crippen molar-refractivity contribution in [1.29, 1.82) is 5.26 Å². The number of piperazine rings is 1. The van der Waals surface area contributed by atoms with Crippen LogP contribution in [0.15, 0.2) is 24.9 Å². The summed E-state index contributed by atoms with van der Waals surface area (Å²) in [5, 5.41) is 9.45. The molecule has 0 amide bonds. The van der Waals surface area contributed by atoms with Crippen molar-refractivity contribution in [3.8, 4) is 6.07 Å². The van der Waals surface area contributed by atoms with Crippen LogP contribution in [-0.4, -0.2) is 65.1 Å². The van der Waals surface area contributed by atoms with Crippen molar-refractivity contribution in [2.45, 2.75) is 77.8 Å². The van der Waals surface area contributed by atoms with E-state index in [4.69, 9.17) is 9.97 Å². The Hall–Kier alpha value is -2.39. The first kappa shape index (κ1) is 25.2. The minimum absolute atomic E-state index is 0.0954. The van der Waals surface area contributed by atoms with Crippen molar-refractivity contribution in [2.75, 3.05) is 38.1 Å². The average molecular weight is 451 g/mol. The van der Waals surface area contributed by atoms with Crippen molar-refractivity contribution < 1.29 is 0 Å². The summed E-state index contributed by atoms with van der Waals surface area (Å²) in [4.78, 5) is 17.2. The first-order valence-corrected chi connectivity index (χ1v) is 12.6. The number of aryl methyl sites for hydroxylation is 2. The van der Waals surface area contributed by atoms with Crippen LogP contribution < -0.4 is 4.90 Å². The maximum atomic E-state index is 9.45. The van der Waals surface area contributed by atoms with E-state index in [9.17, 15) is 5.26 Å². The van der Waals surface area contributed by atoms with Crippen LogP contribution in [0.5, 0.6) is 0 Å². The summed E-state index contributed by atoms with van der Waals surface area (Å²) in [5.41, 5.74) is 3.29. The van der Waals surface area contributed by atoms with E-state index in [0.29, 0.717) is 18.4 Å². The maximum absolute atomic E-state index is 9.45. The molecule has 0 aliphatic carbocycles. The number of likely N-dealkylation sites (tertiary alicyclic amines) is 1. The molecule has 1 aromatic heterocycles. The fourth-order valence-corrected chi connectivity index (χ4v) is 5.20. The number of hydrogen-bond acceptors (Lipinski definition) is 6. The number of aromatic nitrogens is 2. The van der Waals surface area contributed by atoms with Crippen molar-refractivity contribution in [2.24, 2.45) is 5.92 Å². The van der Waals surface area contributed by atoms with Crippen molar-refractivity contribution in [1.82, 2.24) is 19.8 Å². The molecule has 1 aromatic rings. The lowest BCUT2D eigenvalue weighted by Gasteiger charge is -2.43. The summed E-state index contributed by atoms with van der Waals surface area (Å²) in [6, 6.07) is 3.11. The molecule has 0 aromatic carbocycles. The van der Waals surface area contributed by atoms with Gasteiger partial charge >= 0.3 is 0 Å². The lowest BCUT2D eigenvalue weighted by Crippen LogP contribution is -2.52. The van der Waals surface area contributed by atoms with Gasteiger partial charge in [0.05, 0.1) is 18.5 Å². The predicted octanol–water partition coefficient (Wildman–Crippen LogP) is 4.50. The molecule has 3 heterocycles. The Morgan fingerprint density at radius 2 is 2.00 bits per heavy atom. The van der Waals surface area contributed by atoms with Gasteiger partial charge in [-0.2, -0.15) is 5.26 Å². The van der Waals surface area contributed by atoms with E-state index in [1.807, 2.05) is 0 Å². The van der Waals surface area contributed by atoms with Gasteiger partial charge in [-0.3, -0.25) is 0 Å². The van der Waals surface area contributed by atoms with Gasteiger partial charge in [0.25, 0.3) is 0 Å². The summed E-state index contributed by atoms with van der Waals surface area (Å²) in [6.45, 7) is 18.4. The normalized spacial score (nSPS) is 21.5. The van der Waals surface area contributed by atoms with Crippen molar-refractivity contribution in [3.05, 3.63) is 42.0 Å². The topological polar surface area (TPSA) is 59.3 Å². The van der Waals surface area contributed by atoms with E-state index in [2.05, 4.69) is 61.7 Å². The number of nitriles is 1. The third-order valence-electron chi connectivity index (χ3n) is 7.30. The fraction of sp³-hybridized carbons (Fsp3) is 0.667. The molecular formula is C27H42N6. The van der Waals surface area contributed by atoms with Crippen molar-refractivity contribution >= 4 is 5.82 Å². The number of allylic oxidation sites excluding steroid dienone is 1. The highest BCUT2D eigenvalue weighted by Gasteiger charge is 2.30. The van der Waals surface area contributed by atoms with E-state index < -0.39 is 0 Å². The van der Waals surface area contributed by atoms with Crippen LogP contribution in [0.25, 0.3) is 0 Å². The second kappa shape index (κ2) is 11.7. The van der Waals surface area contributed by atoms with Gasteiger partial charge in [0.2, 0.25) is 0 Å². The molecule has 0 N–H and O–H groups in total. The highest BCUT2D eigenvalue weighted by molar-refractivity contribution is 5.50. The number of rotatable bonds is 10. The third-order valence-corrected chi connectivity index (χ3v) is 7.30. The van der Waals surface area contributed by atoms with Crippen LogP contribution in [-0.2, 0) is 12.8 Å². The van der Waals surface area contributed by atoms with Gasteiger partial charge in [0.15, 0.2) is 0 Å². The fourth-order valence-electron chi connectivity index (χ4n) is 5.20. The number of anilines is 1. The van der Waals surface area contributed by atoms with Gasteiger partial charge in [0.1, 0.15) is 11.6 Å². The lowest BCUT2D eigenvalue weighted by molar-refractivity contribution is 0.237. The predicted molar refractivity (Wildman–Crippen MR) is 136 cm³/mol. The van der Waals surface area contributed by atoms with Gasteiger partial charge in [-0.15, -0.1) is 0 Å². The molecule has 6 nitrogen and oxygen atoms in total. The second-order valence-corrected chi connectivity index (χ2v) is 10.1. The molecule has 2 unspecified atom stereocenters. The zero-order valence-corrected chi connectivity index (χ0v) is 21.2. The third kappa shape index (κ3) is 6.35. The molecule has 0 bridgehead atoms. The molecule has 2 atom stereocenters. The molecule has 6 heteroatoms. The Morgan fingerprint density at radius 1 is 1.21 bits per heavy atom. The molecule has 2 saturated heterocycles. The molecule has 2 aliphatic rings. The van der Waals surface area contributed by atoms with Gasteiger partial charge < -0.3 is 14.7 Å². The first-order valence-electron chi connectivity index (χ1n) is 12.6. The summed E-state index contributed by atoms with van der Waals surface area (Å²) in [6.07, 6.45) is 8.98. The minimum Gasteiger partial charge on any atom is -0.364 e. The molecular weight excluding hydrogens is 408 g/mol. The van der Waals surface area contributed by atoms with Gasteiger partial charge in [-0.25, -0.2) is 9.97 Å². The van der Waals surface area contributed by atoms with Gasteiger partial charge in [-0.05, 0) is 64.6 Å². The van der Waals surface area contributed by atoms with Crippen LogP contribution in [0, 0.1) is 24.2 Å². The SMILES string of the molecule is C=CC(=C)N1CCN(c2nc(CCC3CCCN3C)nc(C)c2CCC(C)C)CC1CC#N. The lowest BCUT2D eigenvalue weighted by atomic mass is 10.00. The summed E-state index contributed by atoms with van der Waals surface area (Å²) in [5.74, 6) is 2.68. The molecule has 2 fully saturated rings. The van der Waals surface area contributed by atoms with Crippen LogP contribution in [0.1, 0.15) is 63.0 Å². The Morgan fingerprint density at radius 3 is 2.64 bits per heavy atom. The second-order valence-electron chi connectivity index (χ2n) is 10.1. The summed E-state index contributed by atoms with van der Waals surface area (Å²) >= 11 is 0. The maximum Gasteiger partial charge on any atom is 0.135 e. The summed E-state index contributed by atoms with van der Waals surface area (Å²) < 4.78 is 0. The Balaban J connectivity index is 1.86. The molecule has 33 heavy (non-hydrogen) atoms. The summed E-state index contributed by atoms with van der Waals surface area (Å²) in [7, 11) is 2.23. The van der Waals surface area contributed by atoms with Crippen LogP contribution >= 0.6 is 0 Å². The monoisotopic (exact) mass is 450 g/mol. The van der Waals surface area contributed by atoms with E-state index in [0.717, 1.165) is 68.4 Å². The molecule has 180 valence electrons. The quantitative estimate of drug-likeness (QED) is 0.489. The van der Waals surface area contributed by atoms with E-state index in [-0.39, 0.29) is 6.04 Å². The van der Waals surface area contributed by atoms with E-state index in [1.165, 1.54) is 24.9 Å². The zero-order chi connectivity index (χ0) is 24.0. The number of nitrogens with zero attached hydrogens (tertiary/aromatic N) is 6. The zero-order valence-electron chi connectivity index (χ0n) is 21.2.